The van der Waals surface area contributed by atoms with Crippen LogP contribution in [0.5, 0.6) is 0 Å². The zero-order chi connectivity index (χ0) is 29.3. The lowest BCUT2D eigenvalue weighted by atomic mass is 10.0. The maximum Gasteiger partial charge on any atom is 0.328 e. The highest BCUT2D eigenvalue weighted by molar-refractivity contribution is 5.96. The Balaban J connectivity index is 2.16. The van der Waals surface area contributed by atoms with E-state index < -0.39 is 85.2 Å². The molecule has 2 aromatic rings. The molecule has 0 aliphatic heterocycles. The van der Waals surface area contributed by atoms with Gasteiger partial charge in [-0.25, -0.2) is 4.79 Å². The van der Waals surface area contributed by atoms with Gasteiger partial charge < -0.3 is 47.1 Å². The van der Waals surface area contributed by atoms with Crippen LogP contribution in [0.4, 0.5) is 0 Å². The molecule has 15 heteroatoms. The second kappa shape index (κ2) is 13.9. The molecule has 3 amide bonds. The van der Waals surface area contributed by atoms with Crippen LogP contribution in [0.25, 0.3) is 10.9 Å². The molecule has 0 saturated carbocycles. The molecule has 0 fully saturated rings. The topological polar surface area (TPSA) is 261 Å². The van der Waals surface area contributed by atoms with Crippen molar-refractivity contribution in [3.05, 3.63) is 36.0 Å². The van der Waals surface area contributed by atoms with E-state index >= 15 is 0 Å². The number of para-hydroxylation sites is 1. The molecule has 212 valence electrons. The van der Waals surface area contributed by atoms with Gasteiger partial charge in [-0.1, -0.05) is 18.2 Å². The van der Waals surface area contributed by atoms with Gasteiger partial charge in [0.05, 0.1) is 18.6 Å². The van der Waals surface area contributed by atoms with Gasteiger partial charge in [0.25, 0.3) is 0 Å². The summed E-state index contributed by atoms with van der Waals surface area (Å²) in [5, 5.41) is 44.2. The summed E-state index contributed by atoms with van der Waals surface area (Å²) in [6.45, 7) is 1.08. The van der Waals surface area contributed by atoms with Gasteiger partial charge >= 0.3 is 17.9 Å². The van der Waals surface area contributed by atoms with Gasteiger partial charge in [0.15, 0.2) is 6.04 Å². The van der Waals surface area contributed by atoms with Crippen molar-refractivity contribution < 1.29 is 49.2 Å². The summed E-state index contributed by atoms with van der Waals surface area (Å²) >= 11 is 0. The molecular formula is C24H31N5O10. The predicted molar refractivity (Wildman–Crippen MR) is 134 cm³/mol. The van der Waals surface area contributed by atoms with E-state index in [0.29, 0.717) is 0 Å². The highest BCUT2D eigenvalue weighted by atomic mass is 16.4. The zero-order valence-corrected chi connectivity index (χ0v) is 20.9. The molecule has 0 aliphatic rings. The number of carboxylic acid groups (broad SMARTS) is 3. The smallest absolute Gasteiger partial charge is 0.328 e. The van der Waals surface area contributed by atoms with Gasteiger partial charge in [0.2, 0.25) is 17.7 Å². The van der Waals surface area contributed by atoms with Gasteiger partial charge in [-0.2, -0.15) is 0 Å². The zero-order valence-electron chi connectivity index (χ0n) is 20.9. The van der Waals surface area contributed by atoms with E-state index in [0.717, 1.165) is 23.4 Å². The highest BCUT2D eigenvalue weighted by Crippen LogP contribution is 2.19. The quantitative estimate of drug-likeness (QED) is 0.121. The monoisotopic (exact) mass is 549 g/mol. The Bertz CT molecular complexity index is 1230. The van der Waals surface area contributed by atoms with Crippen LogP contribution in [-0.4, -0.2) is 91.3 Å². The summed E-state index contributed by atoms with van der Waals surface area (Å²) in [5.41, 5.74) is 7.58. The van der Waals surface area contributed by atoms with Crippen LogP contribution >= 0.6 is 0 Å². The number of hydrogen-bond donors (Lipinski definition) is 9. The third kappa shape index (κ3) is 9.08. The van der Waals surface area contributed by atoms with Gasteiger partial charge in [0.1, 0.15) is 12.1 Å². The fourth-order valence-electron chi connectivity index (χ4n) is 3.74. The molecule has 5 atom stereocenters. The highest BCUT2D eigenvalue weighted by Gasteiger charge is 2.33. The van der Waals surface area contributed by atoms with Crippen LogP contribution in [0.15, 0.2) is 30.5 Å². The number of aromatic nitrogens is 1. The normalized spacial score (nSPS) is 14.8. The van der Waals surface area contributed by atoms with Gasteiger partial charge in [-0.05, 0) is 31.4 Å². The summed E-state index contributed by atoms with van der Waals surface area (Å²) in [7, 11) is 0. The van der Waals surface area contributed by atoms with Crippen molar-refractivity contribution in [3.8, 4) is 0 Å². The van der Waals surface area contributed by atoms with Crippen LogP contribution in [0.1, 0.15) is 31.7 Å². The first-order chi connectivity index (χ1) is 18.3. The Labute approximate surface area is 221 Å². The van der Waals surface area contributed by atoms with Gasteiger partial charge in [-0.3, -0.25) is 24.0 Å². The first-order valence-electron chi connectivity index (χ1n) is 11.9. The van der Waals surface area contributed by atoms with Crippen LogP contribution in [0.2, 0.25) is 0 Å². The fraction of sp³-hybridized carbons (Fsp3) is 0.417. The number of carbonyl (C=O) groups excluding carboxylic acids is 3. The molecule has 0 aliphatic carbocycles. The van der Waals surface area contributed by atoms with Crippen molar-refractivity contribution in [1.82, 2.24) is 20.9 Å². The van der Waals surface area contributed by atoms with Crippen LogP contribution in [0.3, 0.4) is 0 Å². The molecule has 0 saturated heterocycles. The van der Waals surface area contributed by atoms with Crippen molar-refractivity contribution in [3.63, 3.8) is 0 Å². The minimum absolute atomic E-state index is 0.0725. The molecule has 0 bridgehead atoms. The first-order valence-corrected chi connectivity index (χ1v) is 11.9. The molecule has 5 unspecified atom stereocenters. The number of aliphatic carboxylic acids is 3. The lowest BCUT2D eigenvalue weighted by Crippen LogP contribution is -2.58. The van der Waals surface area contributed by atoms with E-state index in [1.807, 2.05) is 23.5 Å². The number of carbonyl (C=O) groups is 6. The third-order valence-electron chi connectivity index (χ3n) is 5.79. The van der Waals surface area contributed by atoms with Crippen LogP contribution < -0.4 is 21.7 Å². The van der Waals surface area contributed by atoms with E-state index in [9.17, 15) is 33.9 Å². The summed E-state index contributed by atoms with van der Waals surface area (Å²) in [6, 6.07) is 1.03. The van der Waals surface area contributed by atoms with Crippen LogP contribution in [-0.2, 0) is 35.2 Å². The lowest BCUT2D eigenvalue weighted by molar-refractivity contribution is -0.146. The minimum Gasteiger partial charge on any atom is -0.481 e. The molecular weight excluding hydrogens is 518 g/mol. The molecule has 0 radical (unpaired) electrons. The van der Waals surface area contributed by atoms with E-state index in [1.54, 1.807) is 12.3 Å². The number of carboxylic acids is 3. The molecule has 15 nitrogen and oxygen atoms in total. The molecule has 1 aromatic carbocycles. The summed E-state index contributed by atoms with van der Waals surface area (Å²) in [6.07, 6.45) is -1.74. The molecule has 39 heavy (non-hydrogen) atoms. The molecule has 1 aromatic heterocycles. The number of aliphatic hydroxyl groups excluding tert-OH is 1. The number of nitrogens with one attached hydrogen (secondary N) is 4. The largest absolute Gasteiger partial charge is 0.481 e. The number of aromatic amines is 1. The number of hydrogen-bond acceptors (Lipinski definition) is 8. The Morgan fingerprint density at radius 1 is 0.897 bits per heavy atom. The average Bonchev–Trinajstić information content (AvgIpc) is 3.26. The number of H-pyrrole nitrogens is 1. The minimum atomic E-state index is -1.81. The van der Waals surface area contributed by atoms with E-state index in [1.165, 1.54) is 0 Å². The SMILES string of the molecule is CC(O)C(NC(=O)C(CC(=O)O)NC(=O)C(CCC(=O)O)NC(=O)C(N)Cc1c[nH]c2ccccc12)C(=O)O. The standard InChI is InChI=1S/C24H31N5O10/c1-11(30)20(24(38)39)29-23(37)17(9-19(33)34)28-22(36)16(6-7-18(31)32)27-21(35)14(25)8-12-10-26-15-5-3-2-4-13(12)15/h2-5,10-11,14,16-17,20,26,30H,6-9,25H2,1H3,(H,27,35)(H,28,36)(H,29,37)(H,31,32)(H,33,34)(H,38,39). The summed E-state index contributed by atoms with van der Waals surface area (Å²) in [4.78, 5) is 75.1. The number of benzene rings is 1. The maximum absolute atomic E-state index is 13.0. The number of aliphatic hydroxyl groups is 1. The number of nitrogens with two attached hydrogens (primary N) is 1. The lowest BCUT2D eigenvalue weighted by Gasteiger charge is -2.25. The number of amides is 3. The van der Waals surface area contributed by atoms with Crippen molar-refractivity contribution in [2.45, 2.75) is 62.9 Å². The van der Waals surface area contributed by atoms with Crippen molar-refractivity contribution in [2.75, 3.05) is 0 Å². The molecule has 1 heterocycles. The Hall–Kier alpha value is -4.50. The third-order valence-corrected chi connectivity index (χ3v) is 5.79. The Kier molecular flexibility index (Phi) is 10.9. The molecule has 2 rings (SSSR count). The first kappa shape index (κ1) is 30.7. The number of fused-ring (bicyclic) bond motifs is 1. The molecule has 0 spiro atoms. The maximum atomic E-state index is 13.0. The predicted octanol–water partition coefficient (Wildman–Crippen LogP) is -1.70. The van der Waals surface area contributed by atoms with E-state index in [2.05, 4.69) is 15.6 Å². The van der Waals surface area contributed by atoms with E-state index in [-0.39, 0.29) is 6.42 Å². The van der Waals surface area contributed by atoms with Gasteiger partial charge in [0, 0.05) is 23.5 Å². The van der Waals surface area contributed by atoms with E-state index in [4.69, 9.17) is 21.1 Å². The summed E-state index contributed by atoms with van der Waals surface area (Å²) in [5.74, 6) is -7.52. The van der Waals surface area contributed by atoms with Crippen LogP contribution in [0, 0.1) is 0 Å². The summed E-state index contributed by atoms with van der Waals surface area (Å²) < 4.78 is 0. The Morgan fingerprint density at radius 2 is 1.51 bits per heavy atom. The number of rotatable bonds is 15. The van der Waals surface area contributed by atoms with Crippen molar-refractivity contribution >= 4 is 46.5 Å². The van der Waals surface area contributed by atoms with Gasteiger partial charge in [-0.15, -0.1) is 0 Å². The average molecular weight is 550 g/mol. The van der Waals surface area contributed by atoms with Crippen molar-refractivity contribution in [2.24, 2.45) is 5.73 Å². The second-order valence-electron chi connectivity index (χ2n) is 8.89. The fourth-order valence-corrected chi connectivity index (χ4v) is 3.74. The Morgan fingerprint density at radius 3 is 2.10 bits per heavy atom. The van der Waals surface area contributed by atoms with Crippen molar-refractivity contribution in [1.29, 1.82) is 0 Å². The second-order valence-corrected chi connectivity index (χ2v) is 8.89. The molecule has 10 N–H and O–H groups in total.